The van der Waals surface area contributed by atoms with E-state index in [9.17, 15) is 0 Å². The van der Waals surface area contributed by atoms with Gasteiger partial charge in [-0.2, -0.15) is 0 Å². The highest BCUT2D eigenvalue weighted by Gasteiger charge is 2.44. The summed E-state index contributed by atoms with van der Waals surface area (Å²) in [5.74, 6) is 0. The van der Waals surface area contributed by atoms with Crippen LogP contribution in [0.1, 0.15) is 80.1 Å². The molecule has 0 amide bonds. The Bertz CT molecular complexity index is 509. The van der Waals surface area contributed by atoms with Crippen molar-refractivity contribution < 1.29 is 0 Å². The molecule has 4 aliphatic heterocycles. The van der Waals surface area contributed by atoms with Crippen LogP contribution in [-0.2, 0) is 0 Å². The second kappa shape index (κ2) is 9.72. The first-order valence-electron chi connectivity index (χ1n) is 12.6. The van der Waals surface area contributed by atoms with Crippen LogP contribution in [0.2, 0.25) is 0 Å². The van der Waals surface area contributed by atoms with Gasteiger partial charge in [-0.05, 0) is 113 Å². The molecule has 2 spiro atoms. The summed E-state index contributed by atoms with van der Waals surface area (Å²) in [6.45, 7) is 23.4. The lowest BCUT2D eigenvalue weighted by molar-refractivity contribution is -0.0539. The first-order valence-corrected chi connectivity index (χ1v) is 12.6. The molecular weight excluding hydrogens is 372 g/mol. The lowest BCUT2D eigenvalue weighted by atomic mass is 9.89. The third-order valence-electron chi connectivity index (χ3n) is 7.42. The zero-order valence-corrected chi connectivity index (χ0v) is 20.8. The van der Waals surface area contributed by atoms with Crippen molar-refractivity contribution in [3.8, 4) is 0 Å². The van der Waals surface area contributed by atoms with Crippen molar-refractivity contribution in [3.63, 3.8) is 0 Å². The highest BCUT2D eigenvalue weighted by atomic mass is 15.4. The average Bonchev–Trinajstić information content (AvgIpc) is 2.69. The number of hydrogen-bond acceptors (Lipinski definition) is 6. The van der Waals surface area contributed by atoms with Crippen LogP contribution >= 0.6 is 0 Å². The zero-order valence-electron chi connectivity index (χ0n) is 20.8. The summed E-state index contributed by atoms with van der Waals surface area (Å²) in [6, 6.07) is 0. The Balaban J connectivity index is 0.000000171. The minimum atomic E-state index is 0.212. The van der Waals surface area contributed by atoms with Gasteiger partial charge in [0.25, 0.3) is 0 Å². The van der Waals surface area contributed by atoms with Crippen LogP contribution in [0.25, 0.3) is 0 Å². The first-order chi connectivity index (χ1) is 14.1. The molecule has 4 aliphatic rings. The van der Waals surface area contributed by atoms with Gasteiger partial charge >= 0.3 is 0 Å². The van der Waals surface area contributed by atoms with Gasteiger partial charge in [-0.25, -0.2) is 0 Å². The van der Waals surface area contributed by atoms with Crippen molar-refractivity contribution in [2.24, 2.45) is 0 Å². The SMILES string of the molecule is CC(C)(C)N1CCCC2(C1)NCCCN2.CC(C)(C)N1CCCNC12CCCNC2. The van der Waals surface area contributed by atoms with Crippen molar-refractivity contribution in [1.82, 2.24) is 31.1 Å². The molecule has 1 atom stereocenters. The summed E-state index contributed by atoms with van der Waals surface area (Å²) >= 11 is 0. The van der Waals surface area contributed by atoms with Gasteiger partial charge in [-0.1, -0.05) is 0 Å². The van der Waals surface area contributed by atoms with E-state index >= 15 is 0 Å². The molecule has 0 bridgehead atoms. The van der Waals surface area contributed by atoms with Crippen molar-refractivity contribution >= 4 is 0 Å². The number of piperidine rings is 2. The van der Waals surface area contributed by atoms with Gasteiger partial charge in [0.05, 0.1) is 11.3 Å². The van der Waals surface area contributed by atoms with Crippen LogP contribution in [0.4, 0.5) is 0 Å². The maximum absolute atomic E-state index is 3.75. The molecule has 4 saturated heterocycles. The maximum atomic E-state index is 3.75. The Morgan fingerprint density at radius 1 is 0.667 bits per heavy atom. The van der Waals surface area contributed by atoms with Gasteiger partial charge in [0.1, 0.15) is 0 Å². The molecule has 4 N–H and O–H groups in total. The summed E-state index contributed by atoms with van der Waals surface area (Å²) in [5.41, 5.74) is 1.01. The fourth-order valence-corrected chi connectivity index (χ4v) is 5.84. The molecule has 0 saturated carbocycles. The van der Waals surface area contributed by atoms with Crippen LogP contribution in [0.15, 0.2) is 0 Å². The fraction of sp³-hybridized carbons (Fsp3) is 1.00. The quantitative estimate of drug-likeness (QED) is 0.481. The smallest absolute Gasteiger partial charge is 0.0845 e. The Hall–Kier alpha value is -0.240. The molecule has 0 aliphatic carbocycles. The molecule has 0 radical (unpaired) electrons. The van der Waals surface area contributed by atoms with E-state index in [1.807, 2.05) is 0 Å². The predicted molar refractivity (Wildman–Crippen MR) is 128 cm³/mol. The molecule has 1 unspecified atom stereocenters. The minimum Gasteiger partial charge on any atom is -0.314 e. The van der Waals surface area contributed by atoms with Crippen molar-refractivity contribution in [2.45, 2.75) is 102 Å². The first kappa shape index (κ1) is 24.4. The normalized spacial score (nSPS) is 31.4. The zero-order chi connectivity index (χ0) is 21.9. The summed E-state index contributed by atoms with van der Waals surface area (Å²) in [6.07, 6.45) is 7.70. The summed E-state index contributed by atoms with van der Waals surface area (Å²) in [7, 11) is 0. The van der Waals surface area contributed by atoms with Crippen molar-refractivity contribution in [3.05, 3.63) is 0 Å². The average molecular weight is 423 g/mol. The van der Waals surface area contributed by atoms with E-state index in [2.05, 4.69) is 72.6 Å². The van der Waals surface area contributed by atoms with Crippen LogP contribution in [0.5, 0.6) is 0 Å². The lowest BCUT2D eigenvalue weighted by Gasteiger charge is -2.55. The number of likely N-dealkylation sites (tertiary alicyclic amines) is 1. The molecule has 6 nitrogen and oxygen atoms in total. The largest absolute Gasteiger partial charge is 0.314 e. The van der Waals surface area contributed by atoms with E-state index in [1.54, 1.807) is 0 Å². The van der Waals surface area contributed by atoms with Gasteiger partial charge in [-0.3, -0.25) is 25.8 Å². The molecule has 30 heavy (non-hydrogen) atoms. The Morgan fingerprint density at radius 2 is 1.37 bits per heavy atom. The molecule has 176 valence electrons. The highest BCUT2D eigenvalue weighted by Crippen LogP contribution is 2.31. The summed E-state index contributed by atoms with van der Waals surface area (Å²) < 4.78 is 0. The van der Waals surface area contributed by atoms with Crippen LogP contribution in [0.3, 0.4) is 0 Å². The molecule has 4 rings (SSSR count). The van der Waals surface area contributed by atoms with Crippen LogP contribution in [0, 0.1) is 0 Å². The van der Waals surface area contributed by atoms with Crippen molar-refractivity contribution in [2.75, 3.05) is 52.4 Å². The molecule has 4 fully saturated rings. The third kappa shape index (κ3) is 5.96. The van der Waals surface area contributed by atoms with Gasteiger partial charge in [-0.15, -0.1) is 0 Å². The molecular formula is C24H50N6. The topological polar surface area (TPSA) is 54.6 Å². The fourth-order valence-electron chi connectivity index (χ4n) is 5.84. The van der Waals surface area contributed by atoms with Gasteiger partial charge < -0.3 is 5.32 Å². The molecule has 0 aromatic carbocycles. The Morgan fingerprint density at radius 3 is 1.97 bits per heavy atom. The van der Waals surface area contributed by atoms with E-state index in [0.717, 1.165) is 13.1 Å². The molecule has 0 aromatic rings. The molecule has 0 aromatic heterocycles. The van der Waals surface area contributed by atoms with Gasteiger partial charge in [0.15, 0.2) is 0 Å². The second-order valence-corrected chi connectivity index (χ2v) is 11.9. The number of nitrogens with zero attached hydrogens (tertiary/aromatic N) is 2. The highest BCUT2D eigenvalue weighted by molar-refractivity contribution is 5.00. The summed E-state index contributed by atoms with van der Waals surface area (Å²) in [5, 5.41) is 14.7. The molecule has 4 heterocycles. The van der Waals surface area contributed by atoms with E-state index in [0.29, 0.717) is 5.54 Å². The standard InChI is InChI=1S/2C12H25N3/c1-11(2,3)15-9-4-6-12(10-15)13-7-5-8-14-12;1-11(2,3)15-9-5-8-14-12(15)6-4-7-13-10-12/h2*13-14H,4-10H2,1-3H3. The minimum absolute atomic E-state index is 0.212. The Labute approximate surface area is 186 Å². The van der Waals surface area contributed by atoms with Gasteiger partial charge in [0, 0.05) is 30.7 Å². The van der Waals surface area contributed by atoms with E-state index in [-0.39, 0.29) is 16.9 Å². The third-order valence-corrected chi connectivity index (χ3v) is 7.42. The second-order valence-electron chi connectivity index (χ2n) is 11.9. The van der Waals surface area contributed by atoms with E-state index < -0.39 is 0 Å². The number of nitrogens with one attached hydrogen (secondary N) is 4. The Kier molecular flexibility index (Phi) is 7.90. The summed E-state index contributed by atoms with van der Waals surface area (Å²) in [4.78, 5) is 5.26. The van der Waals surface area contributed by atoms with Gasteiger partial charge in [0.2, 0.25) is 0 Å². The number of rotatable bonds is 0. The maximum Gasteiger partial charge on any atom is 0.0845 e. The van der Waals surface area contributed by atoms with E-state index in [1.165, 1.54) is 77.8 Å². The van der Waals surface area contributed by atoms with E-state index in [4.69, 9.17) is 0 Å². The van der Waals surface area contributed by atoms with Crippen molar-refractivity contribution in [1.29, 1.82) is 0 Å². The lowest BCUT2D eigenvalue weighted by Crippen LogP contribution is -2.72. The predicted octanol–water partition coefficient (Wildman–Crippen LogP) is 2.32. The van der Waals surface area contributed by atoms with Crippen LogP contribution in [-0.4, -0.2) is 84.6 Å². The van der Waals surface area contributed by atoms with Crippen LogP contribution < -0.4 is 21.3 Å². The monoisotopic (exact) mass is 422 g/mol. The molecule has 6 heteroatoms. The number of hydrogen-bond donors (Lipinski definition) is 4.